The first-order valence-corrected chi connectivity index (χ1v) is 4.53. The number of aromatic nitrogens is 1. The van der Waals surface area contributed by atoms with Crippen molar-refractivity contribution in [3.63, 3.8) is 0 Å². The summed E-state index contributed by atoms with van der Waals surface area (Å²) in [4.78, 5) is 13.5. The maximum Gasteiger partial charge on any atom is 0.287 e. The van der Waals surface area contributed by atoms with Gasteiger partial charge in [-0.15, -0.1) is 0 Å². The fourth-order valence-electron chi connectivity index (χ4n) is 0.770. The predicted molar refractivity (Wildman–Crippen MR) is 61.6 cm³/mol. The van der Waals surface area contributed by atoms with Crippen molar-refractivity contribution in [1.82, 2.24) is 4.98 Å². The molecule has 88 valence electrons. The summed E-state index contributed by atoms with van der Waals surface area (Å²) in [5, 5.41) is 14.5. The second-order valence-corrected chi connectivity index (χ2v) is 2.30. The highest BCUT2D eigenvalue weighted by atomic mass is 16.6. The lowest BCUT2D eigenvalue weighted by atomic mass is 10.4. The number of nitro groups is 1. The highest BCUT2D eigenvalue weighted by Crippen LogP contribution is 2.12. The van der Waals surface area contributed by atoms with Gasteiger partial charge >= 0.3 is 0 Å². The van der Waals surface area contributed by atoms with E-state index in [-0.39, 0.29) is 5.69 Å². The van der Waals surface area contributed by atoms with E-state index < -0.39 is 4.92 Å². The Labute approximate surface area is 92.7 Å². The first-order valence-electron chi connectivity index (χ1n) is 4.53. The Balaban J connectivity index is 0.00000106. The minimum atomic E-state index is -0.547. The minimum Gasteiger partial charge on any atom is -0.322 e. The number of nitrogens with two attached hydrogens (primary N) is 2. The maximum absolute atomic E-state index is 10.3. The minimum absolute atomic E-state index is 0.105. The van der Waals surface area contributed by atoms with Crippen molar-refractivity contribution in [3.05, 3.63) is 28.4 Å². The van der Waals surface area contributed by atoms with Crippen LogP contribution < -0.4 is 16.7 Å². The maximum atomic E-state index is 10.3. The van der Waals surface area contributed by atoms with E-state index in [1.54, 1.807) is 0 Å². The number of anilines is 1. The molecule has 8 nitrogen and oxygen atoms in total. The van der Waals surface area contributed by atoms with E-state index in [0.717, 1.165) is 17.5 Å². The second-order valence-electron chi connectivity index (χ2n) is 2.30. The third-order valence-electron chi connectivity index (χ3n) is 1.40. The fraction of sp³-hybridized carbons (Fsp3) is 0.250. The first kappa shape index (κ1) is 13.8. The van der Waals surface area contributed by atoms with Gasteiger partial charge < -0.3 is 5.84 Å². The molecule has 0 fully saturated rings. The summed E-state index contributed by atoms with van der Waals surface area (Å²) in [6, 6.07) is 2.67. The van der Waals surface area contributed by atoms with Crippen molar-refractivity contribution in [3.8, 4) is 0 Å². The molecule has 16 heavy (non-hydrogen) atoms. The molecule has 8 heteroatoms. The Morgan fingerprint density at radius 1 is 1.56 bits per heavy atom. The molecule has 0 unspecified atom stereocenters. The molecule has 0 saturated heterocycles. The van der Waals surface area contributed by atoms with Gasteiger partial charge in [0.25, 0.3) is 5.69 Å². The normalized spacial score (nSPS) is 9.44. The largest absolute Gasteiger partial charge is 0.322 e. The third-order valence-corrected chi connectivity index (χ3v) is 1.40. The molecule has 0 bridgehead atoms. The SMILES string of the molecule is CC.N/N=C\N(N)c1ccc([N+](=O)[O-])cn1. The Morgan fingerprint density at radius 3 is 2.56 bits per heavy atom. The molecule has 0 aliphatic heterocycles. The zero-order chi connectivity index (χ0) is 12.6. The number of hydrazine groups is 1. The molecule has 1 aromatic heterocycles. The van der Waals surface area contributed by atoms with Crippen molar-refractivity contribution >= 4 is 17.8 Å². The topological polar surface area (TPSA) is 124 Å². The van der Waals surface area contributed by atoms with Crippen molar-refractivity contribution in [2.75, 3.05) is 5.01 Å². The molecule has 0 amide bonds. The molecule has 0 radical (unpaired) electrons. The Bertz CT molecular complexity index is 350. The summed E-state index contributed by atoms with van der Waals surface area (Å²) in [5.74, 6) is 10.6. The van der Waals surface area contributed by atoms with Gasteiger partial charge in [-0.1, -0.05) is 13.8 Å². The smallest absolute Gasteiger partial charge is 0.287 e. The van der Waals surface area contributed by atoms with E-state index >= 15 is 0 Å². The molecule has 4 N–H and O–H groups in total. The summed E-state index contributed by atoms with van der Waals surface area (Å²) < 4.78 is 0. The Hall–Kier alpha value is -2.22. The number of pyridine rings is 1. The van der Waals surface area contributed by atoms with E-state index in [4.69, 9.17) is 11.7 Å². The van der Waals surface area contributed by atoms with Crippen LogP contribution in [0.2, 0.25) is 0 Å². The van der Waals surface area contributed by atoms with Gasteiger partial charge in [0.05, 0.1) is 4.92 Å². The van der Waals surface area contributed by atoms with Gasteiger partial charge in [-0.3, -0.25) is 10.1 Å². The number of rotatable bonds is 3. The number of nitrogens with zero attached hydrogens (tertiary/aromatic N) is 4. The lowest BCUT2D eigenvalue weighted by Gasteiger charge is -2.09. The van der Waals surface area contributed by atoms with Crippen LogP contribution >= 0.6 is 0 Å². The van der Waals surface area contributed by atoms with Crippen LogP contribution in [0.4, 0.5) is 11.5 Å². The lowest BCUT2D eigenvalue weighted by molar-refractivity contribution is -0.385. The van der Waals surface area contributed by atoms with E-state index in [2.05, 4.69) is 10.1 Å². The van der Waals surface area contributed by atoms with Gasteiger partial charge in [-0.2, -0.15) is 5.10 Å². The number of hydrogen-bond donors (Lipinski definition) is 2. The lowest BCUT2D eigenvalue weighted by Crippen LogP contribution is -2.30. The van der Waals surface area contributed by atoms with Crippen molar-refractivity contribution < 1.29 is 4.92 Å². The Morgan fingerprint density at radius 2 is 2.19 bits per heavy atom. The second kappa shape index (κ2) is 7.12. The molecule has 0 spiro atoms. The highest BCUT2D eigenvalue weighted by Gasteiger charge is 2.06. The summed E-state index contributed by atoms with van der Waals surface area (Å²) >= 11 is 0. The fourth-order valence-corrected chi connectivity index (χ4v) is 0.770. The third kappa shape index (κ3) is 3.88. The van der Waals surface area contributed by atoms with Crippen molar-refractivity contribution in [2.24, 2.45) is 16.8 Å². The van der Waals surface area contributed by atoms with Crippen LogP contribution in [0.25, 0.3) is 0 Å². The predicted octanol–water partition coefficient (Wildman–Crippen LogP) is 0.598. The zero-order valence-electron chi connectivity index (χ0n) is 9.07. The number of hydrazone groups is 1. The Kier molecular flexibility index (Phi) is 6.13. The van der Waals surface area contributed by atoms with Crippen molar-refractivity contribution in [2.45, 2.75) is 13.8 Å². The standard InChI is InChI=1S/C6H8N6O2.C2H6/c7-10-4-11(8)6-2-1-5(3-9-6)12(13)14;1-2/h1-4H,7-8H2;1-2H3/b10-4-;. The molecule has 0 atom stereocenters. The van der Waals surface area contributed by atoms with Crippen molar-refractivity contribution in [1.29, 1.82) is 0 Å². The zero-order valence-corrected chi connectivity index (χ0v) is 9.07. The summed E-state index contributed by atoms with van der Waals surface area (Å²) in [7, 11) is 0. The van der Waals surface area contributed by atoms with Gasteiger partial charge in [-0.05, 0) is 6.07 Å². The summed E-state index contributed by atoms with van der Waals surface area (Å²) in [6.07, 6.45) is 2.23. The first-order chi connectivity index (χ1) is 7.65. The quantitative estimate of drug-likeness (QED) is 0.255. The summed E-state index contributed by atoms with van der Waals surface area (Å²) in [5.41, 5.74) is -0.105. The molecule has 0 saturated carbocycles. The molecule has 1 heterocycles. The van der Waals surface area contributed by atoms with E-state index in [1.165, 1.54) is 12.1 Å². The molecular formula is C8H14N6O2. The van der Waals surface area contributed by atoms with Crippen LogP contribution in [0.3, 0.4) is 0 Å². The van der Waals surface area contributed by atoms with E-state index in [9.17, 15) is 10.1 Å². The van der Waals surface area contributed by atoms with Gasteiger partial charge in [0.15, 0.2) is 0 Å². The van der Waals surface area contributed by atoms with Gasteiger partial charge in [-0.25, -0.2) is 15.8 Å². The van der Waals surface area contributed by atoms with E-state index in [0.29, 0.717) is 5.82 Å². The average Bonchev–Trinajstić information content (AvgIpc) is 2.32. The van der Waals surface area contributed by atoms with Crippen LogP contribution in [-0.2, 0) is 0 Å². The average molecular weight is 226 g/mol. The summed E-state index contributed by atoms with van der Waals surface area (Å²) in [6.45, 7) is 4.00. The number of hydrogen-bond acceptors (Lipinski definition) is 6. The molecule has 0 aliphatic rings. The molecule has 0 aliphatic carbocycles. The van der Waals surface area contributed by atoms with Crippen LogP contribution in [0, 0.1) is 10.1 Å². The van der Waals surface area contributed by atoms with E-state index in [1.807, 2.05) is 13.8 Å². The van der Waals surface area contributed by atoms with Gasteiger partial charge in [0.2, 0.25) is 0 Å². The highest BCUT2D eigenvalue weighted by molar-refractivity contribution is 5.75. The molecule has 1 aromatic rings. The molecule has 0 aromatic carbocycles. The molecule has 1 rings (SSSR count). The van der Waals surface area contributed by atoms with Crippen LogP contribution in [0.15, 0.2) is 23.4 Å². The van der Waals surface area contributed by atoms with Gasteiger partial charge in [0.1, 0.15) is 18.4 Å². The monoisotopic (exact) mass is 226 g/mol. The van der Waals surface area contributed by atoms with Crippen LogP contribution in [-0.4, -0.2) is 16.2 Å². The van der Waals surface area contributed by atoms with Gasteiger partial charge in [0, 0.05) is 6.07 Å². The van der Waals surface area contributed by atoms with Crippen LogP contribution in [0.1, 0.15) is 13.8 Å². The van der Waals surface area contributed by atoms with Crippen LogP contribution in [0.5, 0.6) is 0 Å². The molecular weight excluding hydrogens is 212 g/mol.